The molecule has 0 aromatic heterocycles. The molecule has 0 amide bonds. The maximum Gasteiger partial charge on any atom is 0.141 e. The third-order valence-corrected chi connectivity index (χ3v) is 3.43. The van der Waals surface area contributed by atoms with E-state index in [1.807, 2.05) is 30.3 Å². The zero-order valence-corrected chi connectivity index (χ0v) is 11.4. The molecule has 0 aliphatic carbocycles. The third kappa shape index (κ3) is 3.44. The number of carbonyl (C=O) groups excluding carboxylic acids is 1. The van der Waals surface area contributed by atoms with E-state index in [2.05, 4.69) is 15.9 Å². The van der Waals surface area contributed by atoms with Crippen LogP contribution in [0.15, 0.2) is 53.0 Å². The Kier molecular flexibility index (Phi) is 4.15. The molecule has 0 spiro atoms. The molecule has 2 aromatic carbocycles. The average Bonchev–Trinajstić information content (AvgIpc) is 2.32. The highest BCUT2D eigenvalue weighted by Crippen LogP contribution is 2.18. The molecule has 0 saturated heterocycles. The van der Waals surface area contributed by atoms with Crippen LogP contribution >= 0.6 is 15.9 Å². The molecule has 92 valence electrons. The minimum absolute atomic E-state index is 0.132. The Morgan fingerprint density at radius 2 is 1.83 bits per heavy atom. The molecule has 2 aromatic rings. The predicted molar refractivity (Wildman–Crippen MR) is 74.7 cm³/mol. The number of aromatic hydroxyl groups is 1. The summed E-state index contributed by atoms with van der Waals surface area (Å²) in [6.45, 7) is 0. The lowest BCUT2D eigenvalue weighted by Crippen LogP contribution is -2.06. The zero-order valence-electron chi connectivity index (χ0n) is 9.77. The highest BCUT2D eigenvalue weighted by molar-refractivity contribution is 9.10. The van der Waals surface area contributed by atoms with Crippen LogP contribution in [0, 0.1) is 0 Å². The van der Waals surface area contributed by atoms with E-state index in [0.29, 0.717) is 12.8 Å². The van der Waals surface area contributed by atoms with Gasteiger partial charge in [-0.3, -0.25) is 4.79 Å². The van der Waals surface area contributed by atoms with Crippen molar-refractivity contribution in [3.63, 3.8) is 0 Å². The Hall–Kier alpha value is -1.61. The summed E-state index contributed by atoms with van der Waals surface area (Å²) < 4.78 is 0.953. The predicted octanol–water partition coefficient (Wildman–Crippen LogP) is 3.51. The molecular weight excluding hydrogens is 292 g/mol. The second kappa shape index (κ2) is 5.83. The topological polar surface area (TPSA) is 37.3 Å². The SMILES string of the molecule is O=C(Cc1cccc(O)c1)Cc1ccccc1Br. The van der Waals surface area contributed by atoms with Crippen molar-refractivity contribution >= 4 is 21.7 Å². The molecule has 0 heterocycles. The summed E-state index contributed by atoms with van der Waals surface area (Å²) >= 11 is 3.43. The van der Waals surface area contributed by atoms with Crippen LogP contribution in [0.4, 0.5) is 0 Å². The molecular formula is C15H13BrO2. The molecule has 1 N–H and O–H groups in total. The van der Waals surface area contributed by atoms with Crippen LogP contribution in [-0.4, -0.2) is 10.9 Å². The molecule has 0 saturated carbocycles. The van der Waals surface area contributed by atoms with Crippen molar-refractivity contribution in [2.75, 3.05) is 0 Å². The lowest BCUT2D eigenvalue weighted by atomic mass is 10.0. The average molecular weight is 305 g/mol. The van der Waals surface area contributed by atoms with Gasteiger partial charge in [0.25, 0.3) is 0 Å². The van der Waals surface area contributed by atoms with Gasteiger partial charge in [-0.15, -0.1) is 0 Å². The molecule has 0 aliphatic heterocycles. The van der Waals surface area contributed by atoms with Crippen LogP contribution < -0.4 is 0 Å². The van der Waals surface area contributed by atoms with Crippen LogP contribution in [0.3, 0.4) is 0 Å². The summed E-state index contributed by atoms with van der Waals surface area (Å²) in [5.41, 5.74) is 1.83. The Morgan fingerprint density at radius 1 is 1.06 bits per heavy atom. The first-order valence-corrected chi connectivity index (χ1v) is 6.47. The van der Waals surface area contributed by atoms with E-state index in [-0.39, 0.29) is 11.5 Å². The second-order valence-electron chi connectivity index (χ2n) is 4.15. The molecule has 0 aliphatic rings. The summed E-state index contributed by atoms with van der Waals surface area (Å²) in [5.74, 6) is 0.327. The summed E-state index contributed by atoms with van der Waals surface area (Å²) in [7, 11) is 0. The smallest absolute Gasteiger partial charge is 0.141 e. The third-order valence-electron chi connectivity index (χ3n) is 2.66. The first-order valence-electron chi connectivity index (χ1n) is 5.68. The van der Waals surface area contributed by atoms with E-state index < -0.39 is 0 Å². The van der Waals surface area contributed by atoms with Crippen LogP contribution in [0.1, 0.15) is 11.1 Å². The number of hydrogen-bond donors (Lipinski definition) is 1. The van der Waals surface area contributed by atoms with Crippen molar-refractivity contribution in [3.05, 3.63) is 64.1 Å². The van der Waals surface area contributed by atoms with Crippen molar-refractivity contribution in [3.8, 4) is 5.75 Å². The quantitative estimate of drug-likeness (QED) is 0.938. The van der Waals surface area contributed by atoms with Gasteiger partial charge >= 0.3 is 0 Å². The van der Waals surface area contributed by atoms with Crippen molar-refractivity contribution in [2.45, 2.75) is 12.8 Å². The van der Waals surface area contributed by atoms with Crippen LogP contribution in [0.25, 0.3) is 0 Å². The zero-order chi connectivity index (χ0) is 13.0. The highest BCUT2D eigenvalue weighted by atomic mass is 79.9. The lowest BCUT2D eigenvalue weighted by Gasteiger charge is -2.04. The molecule has 0 bridgehead atoms. The number of carbonyl (C=O) groups is 1. The monoisotopic (exact) mass is 304 g/mol. The number of phenolic OH excluding ortho intramolecular Hbond substituents is 1. The fraction of sp³-hybridized carbons (Fsp3) is 0.133. The first-order chi connectivity index (χ1) is 8.65. The minimum Gasteiger partial charge on any atom is -0.508 e. The van der Waals surface area contributed by atoms with Gasteiger partial charge in [0.1, 0.15) is 11.5 Å². The molecule has 0 radical (unpaired) electrons. The second-order valence-corrected chi connectivity index (χ2v) is 5.01. The first kappa shape index (κ1) is 12.8. The molecule has 0 atom stereocenters. The van der Waals surface area contributed by atoms with E-state index in [4.69, 9.17) is 0 Å². The van der Waals surface area contributed by atoms with Gasteiger partial charge in [-0.1, -0.05) is 46.3 Å². The van der Waals surface area contributed by atoms with Crippen molar-refractivity contribution in [2.24, 2.45) is 0 Å². The Morgan fingerprint density at radius 3 is 2.56 bits per heavy atom. The van der Waals surface area contributed by atoms with Gasteiger partial charge in [-0.2, -0.15) is 0 Å². The normalized spacial score (nSPS) is 10.3. The van der Waals surface area contributed by atoms with Gasteiger partial charge in [-0.25, -0.2) is 0 Å². The molecule has 18 heavy (non-hydrogen) atoms. The van der Waals surface area contributed by atoms with E-state index >= 15 is 0 Å². The maximum absolute atomic E-state index is 11.9. The van der Waals surface area contributed by atoms with Gasteiger partial charge in [0.2, 0.25) is 0 Å². The Labute approximate surface area is 114 Å². The van der Waals surface area contributed by atoms with Gasteiger partial charge < -0.3 is 5.11 Å². The molecule has 2 nitrogen and oxygen atoms in total. The molecule has 0 unspecified atom stereocenters. The fourth-order valence-corrected chi connectivity index (χ4v) is 2.24. The highest BCUT2D eigenvalue weighted by Gasteiger charge is 2.07. The number of ketones is 1. The Bertz CT molecular complexity index is 564. The van der Waals surface area contributed by atoms with E-state index in [9.17, 15) is 9.90 Å². The fourth-order valence-electron chi connectivity index (χ4n) is 1.81. The largest absolute Gasteiger partial charge is 0.508 e. The summed E-state index contributed by atoms with van der Waals surface area (Å²) in [6.07, 6.45) is 0.743. The number of phenols is 1. The number of halogens is 1. The minimum atomic E-state index is 0.132. The molecule has 3 heteroatoms. The van der Waals surface area contributed by atoms with Crippen molar-refractivity contribution in [1.29, 1.82) is 0 Å². The van der Waals surface area contributed by atoms with Crippen molar-refractivity contribution in [1.82, 2.24) is 0 Å². The molecule has 2 rings (SSSR count). The maximum atomic E-state index is 11.9. The number of hydrogen-bond acceptors (Lipinski definition) is 2. The summed E-state index contributed by atoms with van der Waals surface area (Å²) in [5, 5.41) is 9.34. The van der Waals surface area contributed by atoms with Crippen LogP contribution in [0.5, 0.6) is 5.75 Å². The molecule has 0 fully saturated rings. The summed E-state index contributed by atoms with van der Waals surface area (Å²) in [6, 6.07) is 14.5. The van der Waals surface area contributed by atoms with E-state index in [1.54, 1.807) is 18.2 Å². The van der Waals surface area contributed by atoms with E-state index in [1.165, 1.54) is 0 Å². The number of benzene rings is 2. The van der Waals surface area contributed by atoms with Gasteiger partial charge in [0, 0.05) is 17.3 Å². The van der Waals surface area contributed by atoms with Gasteiger partial charge in [-0.05, 0) is 29.3 Å². The Balaban J connectivity index is 2.03. The van der Waals surface area contributed by atoms with Crippen LogP contribution in [-0.2, 0) is 17.6 Å². The standard InChI is InChI=1S/C15H13BrO2/c16-15-7-2-1-5-12(15)10-14(18)9-11-4-3-6-13(17)8-11/h1-8,17H,9-10H2. The van der Waals surface area contributed by atoms with Gasteiger partial charge in [0.15, 0.2) is 0 Å². The van der Waals surface area contributed by atoms with Gasteiger partial charge in [0.05, 0.1) is 0 Å². The van der Waals surface area contributed by atoms with E-state index in [0.717, 1.165) is 15.6 Å². The summed E-state index contributed by atoms with van der Waals surface area (Å²) in [4.78, 5) is 11.9. The van der Waals surface area contributed by atoms with Crippen molar-refractivity contribution < 1.29 is 9.90 Å². The number of rotatable bonds is 4. The lowest BCUT2D eigenvalue weighted by molar-refractivity contribution is -0.117. The van der Waals surface area contributed by atoms with Crippen LogP contribution in [0.2, 0.25) is 0 Å². The number of Topliss-reactive ketones (excluding diaryl/α,β-unsaturated/α-hetero) is 1.